The molecular formula is C23H28N2O6. The lowest BCUT2D eigenvalue weighted by Crippen LogP contribution is -2.38. The summed E-state index contributed by atoms with van der Waals surface area (Å²) in [7, 11) is 0. The molecule has 0 bridgehead atoms. The SMILES string of the molecule is CCOc1ccc(C(=O)NCC(=O)NC(C)c2ccc3c(c2)OCCO3)cc1OCC. The average Bonchev–Trinajstić information content (AvgIpc) is 2.78. The molecule has 0 spiro atoms. The molecule has 0 fully saturated rings. The molecule has 2 aromatic carbocycles. The Hall–Kier alpha value is -3.42. The normalized spacial score (nSPS) is 13.1. The van der Waals surface area contributed by atoms with Crippen LogP contribution >= 0.6 is 0 Å². The minimum absolute atomic E-state index is 0.148. The van der Waals surface area contributed by atoms with Crippen LogP contribution in [-0.4, -0.2) is 44.8 Å². The molecule has 0 radical (unpaired) electrons. The fourth-order valence-electron chi connectivity index (χ4n) is 3.16. The summed E-state index contributed by atoms with van der Waals surface area (Å²) >= 11 is 0. The zero-order valence-electron chi connectivity index (χ0n) is 18.0. The number of benzene rings is 2. The Labute approximate surface area is 181 Å². The van der Waals surface area contributed by atoms with Gasteiger partial charge in [0.05, 0.1) is 25.8 Å². The van der Waals surface area contributed by atoms with E-state index in [0.29, 0.717) is 55.0 Å². The summed E-state index contributed by atoms with van der Waals surface area (Å²) in [5, 5.41) is 5.51. The molecule has 0 aliphatic carbocycles. The molecule has 1 unspecified atom stereocenters. The quantitative estimate of drug-likeness (QED) is 0.638. The summed E-state index contributed by atoms with van der Waals surface area (Å²) in [6, 6.07) is 10.2. The molecule has 0 saturated carbocycles. The van der Waals surface area contributed by atoms with Crippen molar-refractivity contribution in [1.82, 2.24) is 10.6 Å². The highest BCUT2D eigenvalue weighted by atomic mass is 16.6. The van der Waals surface area contributed by atoms with E-state index in [1.807, 2.05) is 39.0 Å². The molecule has 166 valence electrons. The number of nitrogens with one attached hydrogen (secondary N) is 2. The van der Waals surface area contributed by atoms with Gasteiger partial charge in [-0.2, -0.15) is 0 Å². The Bertz CT molecular complexity index is 930. The van der Waals surface area contributed by atoms with Crippen LogP contribution in [0.3, 0.4) is 0 Å². The van der Waals surface area contributed by atoms with Crippen LogP contribution in [0.5, 0.6) is 23.0 Å². The van der Waals surface area contributed by atoms with E-state index in [9.17, 15) is 9.59 Å². The van der Waals surface area contributed by atoms with Gasteiger partial charge in [0, 0.05) is 5.56 Å². The van der Waals surface area contributed by atoms with Crippen molar-refractivity contribution in [3.8, 4) is 23.0 Å². The third kappa shape index (κ3) is 5.81. The van der Waals surface area contributed by atoms with E-state index in [-0.39, 0.29) is 24.4 Å². The highest BCUT2D eigenvalue weighted by molar-refractivity contribution is 5.97. The summed E-state index contributed by atoms with van der Waals surface area (Å²) < 4.78 is 22.1. The summed E-state index contributed by atoms with van der Waals surface area (Å²) in [4.78, 5) is 24.8. The van der Waals surface area contributed by atoms with Crippen molar-refractivity contribution >= 4 is 11.8 Å². The van der Waals surface area contributed by atoms with E-state index < -0.39 is 0 Å². The summed E-state index contributed by atoms with van der Waals surface area (Å²) in [5.74, 6) is 1.76. The molecule has 1 aliphatic heterocycles. The highest BCUT2D eigenvalue weighted by Crippen LogP contribution is 2.32. The van der Waals surface area contributed by atoms with Crippen LogP contribution in [0, 0.1) is 0 Å². The van der Waals surface area contributed by atoms with Crippen molar-refractivity contribution < 1.29 is 28.5 Å². The number of hydrogen-bond acceptors (Lipinski definition) is 6. The van der Waals surface area contributed by atoms with E-state index in [0.717, 1.165) is 5.56 Å². The predicted octanol–water partition coefficient (Wildman–Crippen LogP) is 2.86. The topological polar surface area (TPSA) is 95.1 Å². The third-order valence-corrected chi connectivity index (χ3v) is 4.66. The Morgan fingerprint density at radius 3 is 2.42 bits per heavy atom. The molecule has 1 aliphatic rings. The van der Waals surface area contributed by atoms with E-state index in [2.05, 4.69) is 10.6 Å². The minimum atomic E-state index is -0.369. The summed E-state index contributed by atoms with van der Waals surface area (Å²) in [5.41, 5.74) is 1.27. The maximum Gasteiger partial charge on any atom is 0.251 e. The fraction of sp³-hybridized carbons (Fsp3) is 0.391. The van der Waals surface area contributed by atoms with Crippen molar-refractivity contribution in [3.63, 3.8) is 0 Å². The van der Waals surface area contributed by atoms with Gasteiger partial charge in [0.2, 0.25) is 5.91 Å². The lowest BCUT2D eigenvalue weighted by atomic mass is 10.1. The van der Waals surface area contributed by atoms with Crippen LogP contribution in [0.15, 0.2) is 36.4 Å². The van der Waals surface area contributed by atoms with Gasteiger partial charge in [-0.15, -0.1) is 0 Å². The molecule has 3 rings (SSSR count). The minimum Gasteiger partial charge on any atom is -0.490 e. The van der Waals surface area contributed by atoms with Gasteiger partial charge in [-0.25, -0.2) is 0 Å². The van der Waals surface area contributed by atoms with Crippen LogP contribution in [0.4, 0.5) is 0 Å². The van der Waals surface area contributed by atoms with Crippen molar-refractivity contribution in [2.45, 2.75) is 26.8 Å². The lowest BCUT2D eigenvalue weighted by molar-refractivity contribution is -0.120. The van der Waals surface area contributed by atoms with Gasteiger partial charge in [0.25, 0.3) is 5.91 Å². The molecule has 2 aromatic rings. The molecule has 2 amide bonds. The molecular weight excluding hydrogens is 400 g/mol. The maximum atomic E-state index is 12.5. The second-order valence-electron chi connectivity index (χ2n) is 6.90. The van der Waals surface area contributed by atoms with Crippen LogP contribution < -0.4 is 29.6 Å². The van der Waals surface area contributed by atoms with Crippen molar-refractivity contribution in [1.29, 1.82) is 0 Å². The molecule has 2 N–H and O–H groups in total. The number of ether oxygens (including phenoxy) is 4. The van der Waals surface area contributed by atoms with E-state index in [1.165, 1.54) is 0 Å². The Balaban J connectivity index is 1.55. The maximum absolute atomic E-state index is 12.5. The van der Waals surface area contributed by atoms with Crippen LogP contribution in [-0.2, 0) is 4.79 Å². The number of amides is 2. The molecule has 8 heteroatoms. The first-order valence-electron chi connectivity index (χ1n) is 10.4. The van der Waals surface area contributed by atoms with Crippen LogP contribution in [0.2, 0.25) is 0 Å². The molecule has 0 saturated heterocycles. The van der Waals surface area contributed by atoms with Gasteiger partial charge in [-0.1, -0.05) is 6.07 Å². The molecule has 0 aromatic heterocycles. The van der Waals surface area contributed by atoms with E-state index in [4.69, 9.17) is 18.9 Å². The van der Waals surface area contributed by atoms with Gasteiger partial charge >= 0.3 is 0 Å². The first-order chi connectivity index (χ1) is 15.0. The zero-order valence-corrected chi connectivity index (χ0v) is 18.0. The van der Waals surface area contributed by atoms with Crippen LogP contribution in [0.25, 0.3) is 0 Å². The first kappa shape index (κ1) is 22.3. The second-order valence-corrected chi connectivity index (χ2v) is 6.90. The number of hydrogen-bond donors (Lipinski definition) is 2. The Morgan fingerprint density at radius 2 is 1.68 bits per heavy atom. The Morgan fingerprint density at radius 1 is 0.968 bits per heavy atom. The summed E-state index contributed by atoms with van der Waals surface area (Å²) in [6.07, 6.45) is 0. The second kappa shape index (κ2) is 10.6. The summed E-state index contributed by atoms with van der Waals surface area (Å²) in [6.45, 7) is 7.42. The fourth-order valence-corrected chi connectivity index (χ4v) is 3.16. The van der Waals surface area contributed by atoms with Crippen molar-refractivity contribution in [3.05, 3.63) is 47.5 Å². The number of carbonyl (C=O) groups excluding carboxylic acids is 2. The van der Waals surface area contributed by atoms with Crippen LogP contribution in [0.1, 0.15) is 42.7 Å². The number of rotatable bonds is 9. The lowest BCUT2D eigenvalue weighted by Gasteiger charge is -2.21. The van der Waals surface area contributed by atoms with Crippen molar-refractivity contribution in [2.24, 2.45) is 0 Å². The predicted molar refractivity (Wildman–Crippen MR) is 115 cm³/mol. The standard InChI is InChI=1S/C23H28N2O6/c1-4-28-18-9-7-17(13-20(18)29-5-2)23(27)24-14-22(26)25-15(3)16-6-8-19-21(12-16)31-11-10-30-19/h6-9,12-13,15H,4-5,10-11,14H2,1-3H3,(H,24,27)(H,25,26). The van der Waals surface area contributed by atoms with Gasteiger partial charge in [-0.05, 0) is 56.7 Å². The highest BCUT2D eigenvalue weighted by Gasteiger charge is 2.17. The monoisotopic (exact) mass is 428 g/mol. The van der Waals surface area contributed by atoms with Gasteiger partial charge in [-0.3, -0.25) is 9.59 Å². The van der Waals surface area contributed by atoms with Crippen molar-refractivity contribution in [2.75, 3.05) is 33.0 Å². The van der Waals surface area contributed by atoms with E-state index in [1.54, 1.807) is 18.2 Å². The average molecular weight is 428 g/mol. The van der Waals surface area contributed by atoms with Gasteiger partial charge < -0.3 is 29.6 Å². The van der Waals surface area contributed by atoms with Gasteiger partial charge in [0.1, 0.15) is 13.2 Å². The zero-order chi connectivity index (χ0) is 22.2. The van der Waals surface area contributed by atoms with Gasteiger partial charge in [0.15, 0.2) is 23.0 Å². The molecule has 1 heterocycles. The largest absolute Gasteiger partial charge is 0.490 e. The van der Waals surface area contributed by atoms with E-state index >= 15 is 0 Å². The molecule has 1 atom stereocenters. The smallest absolute Gasteiger partial charge is 0.251 e. The first-order valence-corrected chi connectivity index (χ1v) is 10.4. The molecule has 8 nitrogen and oxygen atoms in total. The Kier molecular flexibility index (Phi) is 7.59. The third-order valence-electron chi connectivity index (χ3n) is 4.66. The number of fused-ring (bicyclic) bond motifs is 1. The molecule has 31 heavy (non-hydrogen) atoms. The number of carbonyl (C=O) groups is 2.